The number of carbonyl (C=O) groups excluding carboxylic acids is 4. The van der Waals surface area contributed by atoms with Gasteiger partial charge in [0.15, 0.2) is 33.1 Å². The predicted molar refractivity (Wildman–Crippen MR) is 515 cm³/mol. The topological polar surface area (TPSA) is 476 Å². The molecule has 0 aliphatic carbocycles. The molecule has 4 aliphatic rings. The first kappa shape index (κ1) is 95.0. The van der Waals surface area contributed by atoms with E-state index >= 15 is 0 Å². The van der Waals surface area contributed by atoms with Crippen molar-refractivity contribution in [3.8, 4) is 23.0 Å². The molecule has 12 aromatic rings. The van der Waals surface area contributed by atoms with E-state index in [1.54, 1.807) is 0 Å². The number of nitrogens with two attached hydrogens (primary N) is 4. The first-order valence-corrected chi connectivity index (χ1v) is 46.6. The van der Waals surface area contributed by atoms with E-state index in [-0.39, 0.29) is 22.6 Å². The van der Waals surface area contributed by atoms with Crippen molar-refractivity contribution in [3.63, 3.8) is 0 Å². The third-order valence-electron chi connectivity index (χ3n) is 24.4. The number of pyridine rings is 1. The van der Waals surface area contributed by atoms with Crippen LogP contribution in [0.4, 0.5) is 40.3 Å². The molecular formula is C98H120ClN21O10S. The van der Waals surface area contributed by atoms with Gasteiger partial charge in [-0.05, 0) is 239 Å². The smallest absolute Gasteiger partial charge is 0.254 e. The van der Waals surface area contributed by atoms with Crippen LogP contribution in [-0.4, -0.2) is 172 Å². The van der Waals surface area contributed by atoms with E-state index in [1.165, 1.54) is 56.4 Å². The Morgan fingerprint density at radius 2 is 0.656 bits per heavy atom. The van der Waals surface area contributed by atoms with Gasteiger partial charge in [0, 0.05) is 120 Å². The number of phenolic OH excluding ortho intramolecular Hbond substituents is 4. The number of alkyl halides is 1. The number of primary amides is 4. The lowest BCUT2D eigenvalue weighted by Crippen LogP contribution is -2.40. The monoisotopic (exact) mass is 1820 g/mol. The van der Waals surface area contributed by atoms with Crippen molar-refractivity contribution >= 4 is 85.4 Å². The maximum Gasteiger partial charge on any atom is 0.254 e. The number of sulfone groups is 1. The highest BCUT2D eigenvalue weighted by molar-refractivity contribution is 7.91. The number of nitrogens with zero attached hydrogens (tertiary/aromatic N) is 9. The molecule has 16 rings (SSSR count). The molecule has 7 aromatic carbocycles. The zero-order valence-electron chi connectivity index (χ0n) is 75.6. The number of likely N-dealkylation sites (tertiary alicyclic amines) is 1. The second-order valence-electron chi connectivity index (χ2n) is 34.6. The number of rotatable bonds is 29. The lowest BCUT2D eigenvalue weighted by atomic mass is 10.0. The van der Waals surface area contributed by atoms with Gasteiger partial charge in [-0.15, -0.1) is 11.6 Å². The van der Waals surface area contributed by atoms with E-state index < -0.39 is 33.5 Å². The minimum atomic E-state index is -2.93. The minimum Gasteiger partial charge on any atom is -0.507 e. The zero-order valence-corrected chi connectivity index (χ0v) is 77.2. The van der Waals surface area contributed by atoms with Crippen LogP contribution in [0.25, 0.3) is 0 Å². The number of hydrogen-bond donors (Lipinski definition) is 16. The van der Waals surface area contributed by atoms with Crippen LogP contribution in [-0.2, 0) is 68.2 Å². The van der Waals surface area contributed by atoms with Crippen LogP contribution >= 0.6 is 11.6 Å². The molecule has 0 unspecified atom stereocenters. The van der Waals surface area contributed by atoms with Crippen LogP contribution < -0.4 is 58.9 Å². The number of H-pyrrole nitrogens is 4. The maximum absolute atomic E-state index is 12.2. The molecule has 0 radical (unpaired) electrons. The second kappa shape index (κ2) is 43.2. The standard InChI is InChI=1S/C25H30ClN5O2.C25H31N5O2.C24H30N6O2.C24H29N5O4S/c1-15-11-18(12-16(2)23(15)32)14-28-25-22(24(27)33)21(29-30-25)13-17-3-5-20(6-4-17)31-9-7-19(26)8-10-31;1-16-11-20(12-17(2)23(16)31)14-27-25-22(24(26)32)21(28-29-25)13-18-5-7-19(8-6-18)15-30-9-3-4-10-30;1-15-10-17(11-16(2)22(15)31)13-27-24-21(23(25)32)20(28-29-24)12-18-6-7-19(14-26-18)30-8-4-3-5-9-30;1-15-11-18(12-16(2)22(15)30)14-26-24-21(23(25)31)20(27-28-24)13-17-3-5-19(6-4-17)29-7-9-34(32,33)10-8-29/h3-6,11-12,19,32H,7-10,13-14H2,1-2H3,(H2,27,33)(H2,28,29,30);5-8,11-12,31H,3-4,9-10,13-15H2,1-2H3,(H2,26,32)(H2,27,28,29);6-7,10-11,14,31H,3-5,8-9,12-13H2,1-2H3,(H2,25,32)(H2,27,28,29);3-6,11-12,30H,7-10,13-14H2,1-2H3,(H2,25,31)(H2,26,27,28). The summed E-state index contributed by atoms with van der Waals surface area (Å²) in [5.41, 5.74) is 45.7. The Labute approximate surface area is 768 Å². The summed E-state index contributed by atoms with van der Waals surface area (Å²) < 4.78 is 23.3. The lowest BCUT2D eigenvalue weighted by molar-refractivity contribution is 0.0991. The Morgan fingerprint density at radius 3 is 0.969 bits per heavy atom. The fourth-order valence-corrected chi connectivity index (χ4v) is 18.7. The van der Waals surface area contributed by atoms with Gasteiger partial charge in [0.25, 0.3) is 23.6 Å². The number of aromatic amines is 4. The molecular weight excluding hydrogens is 1700 g/mol. The van der Waals surface area contributed by atoms with E-state index in [1.807, 2.05) is 140 Å². The molecule has 9 heterocycles. The van der Waals surface area contributed by atoms with Crippen molar-refractivity contribution in [1.82, 2.24) is 50.7 Å². The molecule has 690 valence electrons. The third kappa shape index (κ3) is 24.9. The van der Waals surface area contributed by atoms with Crippen molar-refractivity contribution in [2.75, 3.05) is 99.8 Å². The number of phenols is 4. The normalized spacial score (nSPS) is 14.4. The quantitative estimate of drug-likeness (QED) is 0.0194. The van der Waals surface area contributed by atoms with Gasteiger partial charge >= 0.3 is 0 Å². The first-order valence-electron chi connectivity index (χ1n) is 44.4. The van der Waals surface area contributed by atoms with Gasteiger partial charge in [-0.2, -0.15) is 20.4 Å². The number of aromatic nitrogens is 9. The van der Waals surface area contributed by atoms with E-state index in [0.29, 0.717) is 151 Å². The molecule has 4 amide bonds. The largest absolute Gasteiger partial charge is 0.507 e. The Morgan fingerprint density at radius 1 is 0.374 bits per heavy atom. The number of piperidine rings is 2. The number of amides is 4. The van der Waals surface area contributed by atoms with Gasteiger partial charge in [-0.3, -0.25) is 49.5 Å². The lowest BCUT2D eigenvalue weighted by Gasteiger charge is -2.31. The van der Waals surface area contributed by atoms with Crippen LogP contribution in [0.2, 0.25) is 0 Å². The maximum atomic E-state index is 12.2. The molecule has 4 aliphatic heterocycles. The SMILES string of the molecule is Cc1cc(CNc2n[nH]c(Cc3ccc(CN4CCCC4)cc3)c2C(N)=O)cc(C)c1O.Cc1cc(CNc2n[nH]c(Cc3ccc(N4CCC(Cl)CC4)cc3)c2C(N)=O)cc(C)c1O.Cc1cc(CNc2n[nH]c(Cc3ccc(N4CCCCC4)cn3)c2C(N)=O)cc(C)c1O.Cc1cc(CNc2n[nH]c(Cc3ccc(N4CCS(=O)(=O)CC4)cc3)c2C(N)=O)cc(C)c1O. The summed E-state index contributed by atoms with van der Waals surface area (Å²) in [5.74, 6) is 1.05. The Hall–Kier alpha value is -13.6. The fraction of sp³-hybridized carbons (Fsp3) is 0.357. The zero-order chi connectivity index (χ0) is 93.3. The molecule has 5 aromatic heterocycles. The number of carbonyl (C=O) groups is 4. The number of aromatic hydroxyl groups is 4. The van der Waals surface area contributed by atoms with E-state index in [0.717, 1.165) is 146 Å². The van der Waals surface area contributed by atoms with Crippen LogP contribution in [0, 0.1) is 55.4 Å². The highest BCUT2D eigenvalue weighted by atomic mass is 35.5. The summed E-state index contributed by atoms with van der Waals surface area (Å²) in [6.45, 7) is 25.0. The Bertz CT molecular complexity index is 6030. The number of anilines is 7. The molecule has 4 saturated heterocycles. The minimum absolute atomic E-state index is 0.171. The van der Waals surface area contributed by atoms with Crippen molar-refractivity contribution in [2.45, 2.75) is 164 Å². The van der Waals surface area contributed by atoms with E-state index in [2.05, 4.69) is 141 Å². The summed E-state index contributed by atoms with van der Waals surface area (Å²) in [5, 5.41) is 81.9. The van der Waals surface area contributed by atoms with Crippen LogP contribution in [0.5, 0.6) is 23.0 Å². The third-order valence-corrected chi connectivity index (χ3v) is 26.5. The van der Waals surface area contributed by atoms with E-state index in [4.69, 9.17) is 34.5 Å². The van der Waals surface area contributed by atoms with Gasteiger partial charge < -0.3 is 79.3 Å². The average molecular weight is 1820 g/mol. The molecule has 0 spiro atoms. The van der Waals surface area contributed by atoms with Gasteiger partial charge in [-0.25, -0.2) is 8.42 Å². The summed E-state index contributed by atoms with van der Waals surface area (Å²) in [7, 11) is -2.93. The van der Waals surface area contributed by atoms with Gasteiger partial charge in [0.1, 0.15) is 45.3 Å². The number of halogens is 1. The number of aryl methyl sites for hydroxylation is 8. The van der Waals surface area contributed by atoms with Crippen LogP contribution in [0.3, 0.4) is 0 Å². The number of benzene rings is 7. The summed E-state index contributed by atoms with van der Waals surface area (Å²) >= 11 is 6.22. The molecule has 0 bridgehead atoms. The van der Waals surface area contributed by atoms with Crippen molar-refractivity contribution in [2.24, 2.45) is 22.9 Å². The van der Waals surface area contributed by atoms with Crippen LogP contribution in [0.1, 0.15) is 204 Å². The van der Waals surface area contributed by atoms with Crippen molar-refractivity contribution in [3.05, 3.63) is 279 Å². The molecule has 131 heavy (non-hydrogen) atoms. The Kier molecular flexibility index (Phi) is 31.3. The van der Waals surface area contributed by atoms with E-state index in [9.17, 15) is 48.0 Å². The second-order valence-corrected chi connectivity index (χ2v) is 37.5. The summed E-state index contributed by atoms with van der Waals surface area (Å²) in [4.78, 5) is 62.6. The van der Waals surface area contributed by atoms with Gasteiger partial charge in [0.2, 0.25) is 0 Å². The molecule has 20 N–H and O–H groups in total. The van der Waals surface area contributed by atoms with Gasteiger partial charge in [-0.1, -0.05) is 97.1 Å². The van der Waals surface area contributed by atoms with Crippen LogP contribution in [0.15, 0.2) is 140 Å². The molecule has 33 heteroatoms. The molecule has 0 saturated carbocycles. The highest BCUT2D eigenvalue weighted by Crippen LogP contribution is 2.34. The molecule has 0 atom stereocenters. The molecule has 4 fully saturated rings. The number of hydrogen-bond acceptors (Lipinski definition) is 23. The fourth-order valence-electron chi connectivity index (χ4n) is 17.3. The summed E-state index contributed by atoms with van der Waals surface area (Å²) in [6.07, 6.45) is 12.2. The van der Waals surface area contributed by atoms with Crippen molar-refractivity contribution in [1.29, 1.82) is 0 Å². The highest BCUT2D eigenvalue weighted by Gasteiger charge is 2.28. The summed E-state index contributed by atoms with van der Waals surface area (Å²) in [6, 6.07) is 44.0. The molecule has 31 nitrogen and oxygen atoms in total. The average Bonchev–Trinajstić information content (AvgIpc) is 1.66. The van der Waals surface area contributed by atoms with Gasteiger partial charge in [0.05, 0.1) is 46.2 Å². The first-order chi connectivity index (χ1) is 62.8. The predicted octanol–water partition coefficient (Wildman–Crippen LogP) is 13.6. The Balaban J connectivity index is 0.000000149. The van der Waals surface area contributed by atoms with Crippen molar-refractivity contribution < 1.29 is 48.0 Å². The number of nitrogens with one attached hydrogen (secondary N) is 8.